The Hall–Kier alpha value is -0.640. The third-order valence-corrected chi connectivity index (χ3v) is 5.81. The van der Waals surface area contributed by atoms with Crippen LogP contribution in [0.4, 0.5) is 0 Å². The highest BCUT2D eigenvalue weighted by Crippen LogP contribution is 2.28. The fraction of sp³-hybridized carbons (Fsp3) is 1.00. The van der Waals surface area contributed by atoms with Gasteiger partial charge in [0.1, 0.15) is 67.1 Å². The van der Waals surface area contributed by atoms with Crippen molar-refractivity contribution >= 4 is 0 Å². The molecule has 3 aliphatic heterocycles. The van der Waals surface area contributed by atoms with E-state index in [4.69, 9.17) is 39.7 Å². The molecular formula is C18H34O16. The van der Waals surface area contributed by atoms with E-state index < -0.39 is 105 Å². The van der Waals surface area contributed by atoms with Gasteiger partial charge < -0.3 is 80.2 Å². The van der Waals surface area contributed by atoms with Crippen LogP contribution < -0.4 is 0 Å². The lowest BCUT2D eigenvalue weighted by Crippen LogP contribution is -2.64. The Labute approximate surface area is 193 Å². The fourth-order valence-corrected chi connectivity index (χ4v) is 3.60. The minimum Gasteiger partial charge on any atom is -0.394 e. The summed E-state index contributed by atoms with van der Waals surface area (Å²) >= 11 is 0. The van der Waals surface area contributed by atoms with Crippen molar-refractivity contribution in [3.63, 3.8) is 0 Å². The van der Waals surface area contributed by atoms with Crippen molar-refractivity contribution in [2.24, 2.45) is 0 Å². The molecule has 0 aromatic heterocycles. The molecule has 15 unspecified atom stereocenters. The van der Waals surface area contributed by atoms with Gasteiger partial charge in [-0.15, -0.1) is 0 Å². The van der Waals surface area contributed by atoms with Gasteiger partial charge in [0.25, 0.3) is 0 Å². The summed E-state index contributed by atoms with van der Waals surface area (Å²) in [5, 5.41) is 112. The van der Waals surface area contributed by atoms with Gasteiger partial charge in [-0.2, -0.15) is 0 Å². The van der Waals surface area contributed by atoms with Crippen molar-refractivity contribution in [1.29, 1.82) is 0 Å². The molecule has 0 saturated carbocycles. The predicted molar refractivity (Wildman–Crippen MR) is 103 cm³/mol. The third-order valence-electron chi connectivity index (χ3n) is 5.81. The zero-order valence-corrected chi connectivity index (χ0v) is 18.1. The molecule has 0 radical (unpaired) electrons. The average Bonchev–Trinajstić information content (AvgIpc) is 2.82. The van der Waals surface area contributed by atoms with Crippen molar-refractivity contribution in [1.82, 2.24) is 0 Å². The molecule has 0 aromatic carbocycles. The van der Waals surface area contributed by atoms with Gasteiger partial charge in [-0.3, -0.25) is 0 Å². The predicted octanol–water partition coefficient (Wildman–Crippen LogP) is -7.59. The summed E-state index contributed by atoms with van der Waals surface area (Å²) in [6, 6.07) is 0. The van der Waals surface area contributed by atoms with E-state index in [1.165, 1.54) is 6.92 Å². The minimum absolute atomic E-state index is 0.664. The van der Waals surface area contributed by atoms with E-state index in [1.54, 1.807) is 0 Å². The summed E-state index contributed by atoms with van der Waals surface area (Å²) in [7, 11) is 0. The molecule has 16 heteroatoms. The third kappa shape index (κ3) is 6.37. The quantitative estimate of drug-likeness (QED) is 0.169. The maximum Gasteiger partial charge on any atom is 0.187 e. The van der Waals surface area contributed by atoms with Crippen molar-refractivity contribution in [3.8, 4) is 0 Å². The minimum atomic E-state index is -1.74. The second kappa shape index (κ2) is 12.5. The Morgan fingerprint density at radius 1 is 0.529 bits per heavy atom. The Bertz CT molecular complexity index is 595. The maximum absolute atomic E-state index is 9.94. The smallest absolute Gasteiger partial charge is 0.187 e. The molecule has 0 aromatic rings. The molecule has 15 atom stereocenters. The van der Waals surface area contributed by atoms with Crippen molar-refractivity contribution in [3.05, 3.63) is 0 Å². The first-order valence-corrected chi connectivity index (χ1v) is 10.5. The van der Waals surface area contributed by atoms with E-state index in [-0.39, 0.29) is 0 Å². The van der Waals surface area contributed by atoms with E-state index in [2.05, 4.69) is 4.74 Å². The Kier molecular flexibility index (Phi) is 10.9. The molecular weight excluding hydrogens is 472 g/mol. The zero-order chi connectivity index (χ0) is 25.9. The highest BCUT2D eigenvalue weighted by atomic mass is 16.7. The van der Waals surface area contributed by atoms with Gasteiger partial charge in [-0.25, -0.2) is 0 Å². The molecule has 0 amide bonds. The standard InChI is InChI=1S/C12H22O11.C6H12O5/c13-1-3-5(15)6(16)9(19)12(22-3)23-10-4(2-14)21-11(20)8(18)7(10)17;1-2-3(7)4(8)5(9)6(10)11-2/h3-20H,1-2H2;2-10H,1H3. The molecule has 3 fully saturated rings. The number of aliphatic hydroxyl groups is 12. The lowest BCUT2D eigenvalue weighted by molar-refractivity contribution is -0.355. The molecule has 3 heterocycles. The van der Waals surface area contributed by atoms with Crippen LogP contribution in [0.15, 0.2) is 0 Å². The van der Waals surface area contributed by atoms with Crippen molar-refractivity contribution in [2.45, 2.75) is 99.0 Å². The molecule has 12 N–H and O–H groups in total. The maximum atomic E-state index is 9.94. The van der Waals surface area contributed by atoms with Crippen LogP contribution in [0.1, 0.15) is 6.92 Å². The normalized spacial score (nSPS) is 52.0. The second-order valence-corrected chi connectivity index (χ2v) is 8.23. The van der Waals surface area contributed by atoms with E-state index in [0.717, 1.165) is 0 Å². The average molecular weight is 506 g/mol. The summed E-state index contributed by atoms with van der Waals surface area (Å²) in [5.41, 5.74) is 0. The summed E-state index contributed by atoms with van der Waals surface area (Å²) < 4.78 is 19.9. The van der Waals surface area contributed by atoms with Crippen molar-refractivity contribution < 1.29 is 80.2 Å². The van der Waals surface area contributed by atoms with Crippen LogP contribution in [-0.2, 0) is 18.9 Å². The number of ether oxygens (including phenoxy) is 4. The molecule has 16 nitrogen and oxygen atoms in total. The van der Waals surface area contributed by atoms with Crippen LogP contribution in [0.3, 0.4) is 0 Å². The van der Waals surface area contributed by atoms with Crippen LogP contribution in [0.25, 0.3) is 0 Å². The monoisotopic (exact) mass is 506 g/mol. The van der Waals surface area contributed by atoms with Gasteiger partial charge in [0, 0.05) is 0 Å². The fourth-order valence-electron chi connectivity index (χ4n) is 3.60. The summed E-state index contributed by atoms with van der Waals surface area (Å²) in [4.78, 5) is 0. The first-order valence-electron chi connectivity index (χ1n) is 10.5. The summed E-state index contributed by atoms with van der Waals surface area (Å²) in [6.07, 6.45) is -21.6. The Morgan fingerprint density at radius 3 is 1.59 bits per heavy atom. The van der Waals surface area contributed by atoms with Crippen LogP contribution in [0, 0.1) is 0 Å². The molecule has 0 bridgehead atoms. The molecule has 34 heavy (non-hydrogen) atoms. The lowest BCUT2D eigenvalue weighted by atomic mass is 9.97. The molecule has 3 aliphatic rings. The number of aliphatic hydroxyl groups excluding tert-OH is 12. The van der Waals surface area contributed by atoms with E-state index in [1.807, 2.05) is 0 Å². The van der Waals surface area contributed by atoms with Crippen LogP contribution in [0.5, 0.6) is 0 Å². The van der Waals surface area contributed by atoms with Gasteiger partial charge in [0.15, 0.2) is 18.9 Å². The van der Waals surface area contributed by atoms with E-state index >= 15 is 0 Å². The van der Waals surface area contributed by atoms with Gasteiger partial charge in [-0.1, -0.05) is 0 Å². The van der Waals surface area contributed by atoms with Gasteiger partial charge in [-0.05, 0) is 6.92 Å². The molecule has 0 spiro atoms. The largest absolute Gasteiger partial charge is 0.394 e. The van der Waals surface area contributed by atoms with Crippen LogP contribution in [-0.4, -0.2) is 167 Å². The summed E-state index contributed by atoms with van der Waals surface area (Å²) in [6.45, 7) is 0.158. The SMILES string of the molecule is CC1OC(O)C(O)C(O)C1O.OCC1OC(OC2C(CO)OC(O)C(O)C2O)C(O)C(O)C1O. The van der Waals surface area contributed by atoms with E-state index in [9.17, 15) is 35.7 Å². The Morgan fingerprint density at radius 2 is 1.03 bits per heavy atom. The van der Waals surface area contributed by atoms with E-state index in [0.29, 0.717) is 0 Å². The number of hydrogen-bond acceptors (Lipinski definition) is 16. The lowest BCUT2D eigenvalue weighted by Gasteiger charge is -2.45. The molecule has 3 saturated heterocycles. The van der Waals surface area contributed by atoms with Crippen LogP contribution >= 0.6 is 0 Å². The summed E-state index contributed by atoms with van der Waals surface area (Å²) in [5.74, 6) is 0. The molecule has 202 valence electrons. The number of rotatable bonds is 4. The Balaban J connectivity index is 0.000000310. The van der Waals surface area contributed by atoms with Gasteiger partial charge >= 0.3 is 0 Å². The first kappa shape index (κ1) is 29.6. The topological polar surface area (TPSA) is 280 Å². The van der Waals surface area contributed by atoms with Crippen LogP contribution in [0.2, 0.25) is 0 Å². The number of hydrogen-bond donors (Lipinski definition) is 12. The highest BCUT2D eigenvalue weighted by molar-refractivity contribution is 4.93. The zero-order valence-electron chi connectivity index (χ0n) is 18.1. The highest BCUT2D eigenvalue weighted by Gasteiger charge is 2.50. The first-order chi connectivity index (χ1) is 15.8. The molecule has 3 rings (SSSR count). The molecule has 0 aliphatic carbocycles. The van der Waals surface area contributed by atoms with Gasteiger partial charge in [0.2, 0.25) is 0 Å². The van der Waals surface area contributed by atoms with Crippen molar-refractivity contribution in [2.75, 3.05) is 13.2 Å². The second-order valence-electron chi connectivity index (χ2n) is 8.23. The van der Waals surface area contributed by atoms with Gasteiger partial charge in [0.05, 0.1) is 19.3 Å².